The van der Waals surface area contributed by atoms with Crippen LogP contribution >= 0.6 is 0 Å². The topological polar surface area (TPSA) is 57.2 Å². The van der Waals surface area contributed by atoms with Crippen molar-refractivity contribution in [3.05, 3.63) is 0 Å². The predicted molar refractivity (Wildman–Crippen MR) is 161 cm³/mol. The lowest BCUT2D eigenvalue weighted by molar-refractivity contribution is -0.185. The number of hydrogen-bond acceptors (Lipinski definition) is 5. The summed E-state index contributed by atoms with van der Waals surface area (Å²) in [4.78, 5) is 0. The van der Waals surface area contributed by atoms with E-state index < -0.39 is 25.0 Å². The van der Waals surface area contributed by atoms with Crippen molar-refractivity contribution < 1.29 is 23.1 Å². The van der Waals surface area contributed by atoms with Gasteiger partial charge < -0.3 is 23.1 Å². The second-order valence-electron chi connectivity index (χ2n) is 15.8. The van der Waals surface area contributed by atoms with Crippen molar-refractivity contribution in [3.8, 4) is 0 Å². The molecule has 216 valence electrons. The lowest BCUT2D eigenvalue weighted by Gasteiger charge is -2.51. The van der Waals surface area contributed by atoms with Gasteiger partial charge in [-0.25, -0.2) is 0 Å². The van der Waals surface area contributed by atoms with Crippen molar-refractivity contribution in [2.45, 2.75) is 161 Å². The predicted octanol–water partition coefficient (Wildman–Crippen LogP) is 7.97. The lowest BCUT2D eigenvalue weighted by Crippen LogP contribution is -2.60. The van der Waals surface area contributed by atoms with Crippen molar-refractivity contribution in [1.82, 2.24) is 0 Å². The summed E-state index contributed by atoms with van der Waals surface area (Å²) in [7, 11) is -6.02. The molecule has 1 heterocycles. The van der Waals surface area contributed by atoms with Gasteiger partial charge in [-0.05, 0) is 66.7 Å². The van der Waals surface area contributed by atoms with E-state index in [9.17, 15) is 5.11 Å². The maximum absolute atomic E-state index is 9.75. The molecule has 1 fully saturated rings. The second-order valence-corrected chi connectivity index (χ2v) is 30.1. The van der Waals surface area contributed by atoms with E-state index in [1.165, 1.54) is 0 Å². The van der Waals surface area contributed by atoms with Crippen LogP contribution < -0.4 is 0 Å². The van der Waals surface area contributed by atoms with E-state index in [2.05, 4.69) is 109 Å². The van der Waals surface area contributed by atoms with Crippen LogP contribution in [-0.4, -0.2) is 67.7 Å². The van der Waals surface area contributed by atoms with Crippen LogP contribution in [0.2, 0.25) is 54.4 Å². The van der Waals surface area contributed by atoms with Crippen LogP contribution in [0.4, 0.5) is 0 Å². The molecule has 0 radical (unpaired) electrons. The fraction of sp³-hybridized carbons (Fsp3) is 1.00. The third kappa shape index (κ3) is 8.73. The average Bonchev–Trinajstić information content (AvgIpc) is 2.64. The third-order valence-corrected chi connectivity index (χ3v) is 23.2. The largest absolute Gasteiger partial charge is 0.414 e. The zero-order valence-electron chi connectivity index (χ0n) is 26.8. The summed E-state index contributed by atoms with van der Waals surface area (Å²) in [5.41, 5.74) is 0. The summed E-state index contributed by atoms with van der Waals surface area (Å²) in [5, 5.41) is 10.1. The summed E-state index contributed by atoms with van der Waals surface area (Å²) < 4.78 is 27.7. The highest BCUT2D eigenvalue weighted by molar-refractivity contribution is 6.75. The molecule has 1 saturated heterocycles. The van der Waals surface area contributed by atoms with Gasteiger partial charge in [-0.2, -0.15) is 0 Å². The van der Waals surface area contributed by atoms with Crippen LogP contribution in [0.5, 0.6) is 0 Å². The van der Waals surface area contributed by atoms with Crippen LogP contribution in [0.15, 0.2) is 0 Å². The fourth-order valence-electron chi connectivity index (χ4n) is 3.76. The molecule has 5 atom stereocenters. The molecule has 36 heavy (non-hydrogen) atoms. The molecule has 0 aromatic heterocycles. The molecule has 8 heteroatoms. The minimum Gasteiger partial charge on any atom is -0.414 e. The zero-order chi connectivity index (χ0) is 28.5. The minimum atomic E-state index is -2.04. The molecule has 1 aliphatic rings. The Balaban J connectivity index is 3.39. The van der Waals surface area contributed by atoms with Crippen molar-refractivity contribution in [2.75, 3.05) is 13.2 Å². The van der Waals surface area contributed by atoms with E-state index in [1.54, 1.807) is 0 Å². The summed E-state index contributed by atoms with van der Waals surface area (Å²) >= 11 is 0. The Morgan fingerprint density at radius 1 is 0.750 bits per heavy atom. The smallest absolute Gasteiger partial charge is 0.192 e. The first-order valence-corrected chi connectivity index (χ1v) is 22.8. The lowest BCUT2D eigenvalue weighted by atomic mass is 9.89. The molecule has 0 saturated carbocycles. The van der Waals surface area contributed by atoms with Gasteiger partial charge in [0.15, 0.2) is 25.0 Å². The zero-order valence-corrected chi connectivity index (χ0v) is 29.8. The Morgan fingerprint density at radius 2 is 1.17 bits per heavy atom. The summed E-state index contributed by atoms with van der Waals surface area (Å²) in [6.45, 7) is 37.3. The Bertz CT molecular complexity index is 689. The van der Waals surface area contributed by atoms with E-state index in [0.29, 0.717) is 13.0 Å². The molecular weight excluding hydrogens is 501 g/mol. The van der Waals surface area contributed by atoms with Crippen molar-refractivity contribution in [2.24, 2.45) is 5.92 Å². The van der Waals surface area contributed by atoms with Gasteiger partial charge in [0, 0.05) is 13.0 Å². The van der Waals surface area contributed by atoms with Gasteiger partial charge >= 0.3 is 0 Å². The normalized spacial score (nSPS) is 26.2. The van der Waals surface area contributed by atoms with Crippen LogP contribution in [-0.2, 0) is 18.0 Å². The van der Waals surface area contributed by atoms with Crippen molar-refractivity contribution in [3.63, 3.8) is 0 Å². The third-order valence-electron chi connectivity index (χ3n) is 9.64. The first-order valence-electron chi connectivity index (χ1n) is 14.1. The van der Waals surface area contributed by atoms with Crippen molar-refractivity contribution in [1.29, 1.82) is 0 Å². The molecule has 1 unspecified atom stereocenters. The highest BCUT2D eigenvalue weighted by Gasteiger charge is 2.50. The van der Waals surface area contributed by atoms with Gasteiger partial charge in [-0.1, -0.05) is 69.2 Å². The van der Waals surface area contributed by atoms with E-state index in [0.717, 1.165) is 6.42 Å². The Labute approximate surface area is 227 Å². The molecule has 1 rings (SSSR count). The number of aliphatic hydroxyl groups excluding tert-OH is 1. The Hall–Kier alpha value is 0.451. The molecule has 0 aromatic rings. The van der Waals surface area contributed by atoms with Gasteiger partial charge in [-0.3, -0.25) is 0 Å². The molecule has 0 bridgehead atoms. The van der Waals surface area contributed by atoms with E-state index >= 15 is 0 Å². The molecule has 1 aliphatic heterocycles. The van der Waals surface area contributed by atoms with Crippen molar-refractivity contribution >= 4 is 25.0 Å². The van der Waals surface area contributed by atoms with Crippen LogP contribution in [0.1, 0.15) is 82.1 Å². The van der Waals surface area contributed by atoms with E-state index in [4.69, 9.17) is 18.0 Å². The summed E-state index contributed by atoms with van der Waals surface area (Å²) in [6.07, 6.45) is 1.17. The number of hydrogen-bond donors (Lipinski definition) is 1. The van der Waals surface area contributed by atoms with Gasteiger partial charge in [0.2, 0.25) is 0 Å². The molecular formula is C28H62O5Si3. The van der Waals surface area contributed by atoms with E-state index in [-0.39, 0.29) is 52.1 Å². The quantitative estimate of drug-likeness (QED) is 0.274. The maximum Gasteiger partial charge on any atom is 0.192 e. The molecule has 5 nitrogen and oxygen atoms in total. The SMILES string of the molecule is CC(CCO)[C@@H]1O[C@H](CO[Si](C)(C)C(C)(C)C)[C@H](O[Si](C)(C)C(C)(C)C)C[C@@H]1O[Si](C)(C)C(C)(C)C. The Morgan fingerprint density at radius 3 is 1.56 bits per heavy atom. The number of ether oxygens (including phenoxy) is 1. The summed E-state index contributed by atoms with van der Waals surface area (Å²) in [6, 6.07) is 0. The molecule has 0 aliphatic carbocycles. The first kappa shape index (κ1) is 34.5. The van der Waals surface area contributed by atoms with E-state index in [1.807, 2.05) is 0 Å². The number of rotatable bonds is 10. The highest BCUT2D eigenvalue weighted by Crippen LogP contribution is 2.44. The molecule has 0 amide bonds. The fourth-order valence-corrected chi connectivity index (χ4v) is 7.48. The van der Waals surface area contributed by atoms with Gasteiger partial charge in [0.25, 0.3) is 0 Å². The van der Waals surface area contributed by atoms with Crippen LogP contribution in [0.25, 0.3) is 0 Å². The van der Waals surface area contributed by atoms with Gasteiger partial charge in [0.05, 0.1) is 24.9 Å². The summed E-state index contributed by atoms with van der Waals surface area (Å²) in [5.74, 6) is 0.189. The number of aliphatic hydroxyl groups is 1. The molecule has 0 spiro atoms. The first-order chi connectivity index (χ1) is 15.9. The monoisotopic (exact) mass is 562 g/mol. The van der Waals surface area contributed by atoms with Crippen LogP contribution in [0.3, 0.4) is 0 Å². The average molecular weight is 563 g/mol. The molecule has 1 N–H and O–H groups in total. The van der Waals surface area contributed by atoms with Gasteiger partial charge in [0.1, 0.15) is 6.10 Å². The van der Waals surface area contributed by atoms with Gasteiger partial charge in [-0.15, -0.1) is 0 Å². The Kier molecular flexibility index (Phi) is 11.4. The maximum atomic E-state index is 9.75. The minimum absolute atomic E-state index is 0.0497. The standard InChI is InChI=1S/C28H62O5Si3/c1-21(17-18-29)25-23(33-36(15,16)28(8,9)10)19-22(32-35(13,14)27(5,6)7)24(31-25)20-30-34(11,12)26(2,3)4/h21-25,29H,17-20H2,1-16H3/t21?,22-,23+,24-,25+/m1/s1. The van der Waals surface area contributed by atoms with Crippen LogP contribution in [0, 0.1) is 5.92 Å². The molecule has 0 aromatic carbocycles. The second kappa shape index (κ2) is 11.9. The highest BCUT2D eigenvalue weighted by atomic mass is 28.4.